The zero-order chi connectivity index (χ0) is 22.4. The molecular weight excluding hydrogens is 434 g/mol. The summed E-state index contributed by atoms with van der Waals surface area (Å²) in [6, 6.07) is 6.99. The molecule has 0 fully saturated rings. The zero-order valence-electron chi connectivity index (χ0n) is 16.4. The van der Waals surface area contributed by atoms with Gasteiger partial charge in [0, 0.05) is 18.3 Å². The highest BCUT2D eigenvalue weighted by molar-refractivity contribution is 7.89. The van der Waals surface area contributed by atoms with E-state index in [4.69, 9.17) is 0 Å². The summed E-state index contributed by atoms with van der Waals surface area (Å²) in [4.78, 5) is -0.472. The number of H-pyrrole nitrogens is 1. The average Bonchev–Trinajstić information content (AvgIpc) is 3.21. The highest BCUT2D eigenvalue weighted by Gasteiger charge is 2.36. The highest BCUT2D eigenvalue weighted by Crippen LogP contribution is 2.38. The van der Waals surface area contributed by atoms with Crippen molar-refractivity contribution in [2.75, 3.05) is 7.05 Å². The molecule has 4 rings (SSSR count). The van der Waals surface area contributed by atoms with E-state index in [1.54, 1.807) is 6.20 Å². The predicted octanol–water partition coefficient (Wildman–Crippen LogP) is 4.93. The largest absolute Gasteiger partial charge is 0.416 e. The summed E-state index contributed by atoms with van der Waals surface area (Å²) < 4.78 is 81.7. The Morgan fingerprint density at radius 2 is 1.81 bits per heavy atom. The number of fused-ring (bicyclic) bond motifs is 1. The Morgan fingerprint density at radius 3 is 2.48 bits per heavy atom. The Labute approximate surface area is 176 Å². The van der Waals surface area contributed by atoms with Gasteiger partial charge in [0.15, 0.2) is 0 Å². The number of benzene rings is 2. The summed E-state index contributed by atoms with van der Waals surface area (Å²) in [5, 5.41) is 6.82. The first kappa shape index (κ1) is 21.5. The van der Waals surface area contributed by atoms with Crippen molar-refractivity contribution in [3.8, 4) is 11.1 Å². The first-order valence-electron chi connectivity index (χ1n) is 9.56. The third-order valence-electron chi connectivity index (χ3n) is 5.54. The van der Waals surface area contributed by atoms with E-state index in [1.165, 1.54) is 25.2 Å². The number of halogens is 4. The number of hydrogen-bond acceptors (Lipinski definition) is 3. The van der Waals surface area contributed by atoms with E-state index in [-0.39, 0.29) is 11.1 Å². The second-order valence-electron chi connectivity index (χ2n) is 7.48. The molecule has 5 nitrogen and oxygen atoms in total. The van der Waals surface area contributed by atoms with Crippen LogP contribution in [0.25, 0.3) is 11.1 Å². The van der Waals surface area contributed by atoms with Crippen LogP contribution in [0.5, 0.6) is 0 Å². The Kier molecular flexibility index (Phi) is 5.38. The summed E-state index contributed by atoms with van der Waals surface area (Å²) in [7, 11) is -2.90. The number of hydrogen-bond donors (Lipinski definition) is 1. The average molecular weight is 453 g/mol. The summed E-state index contributed by atoms with van der Waals surface area (Å²) in [5.74, 6) is -0.545. The third-order valence-corrected chi connectivity index (χ3v) is 7.39. The monoisotopic (exact) mass is 453 g/mol. The zero-order valence-corrected chi connectivity index (χ0v) is 17.3. The molecular formula is C21H19F4N3O2S. The minimum absolute atomic E-state index is 0.0365. The lowest BCUT2D eigenvalue weighted by molar-refractivity contribution is -0.137. The smallest absolute Gasteiger partial charge is 0.282 e. The van der Waals surface area contributed by atoms with Crippen molar-refractivity contribution in [2.24, 2.45) is 0 Å². The van der Waals surface area contributed by atoms with Gasteiger partial charge in [-0.05, 0) is 60.7 Å². The molecule has 1 aliphatic rings. The van der Waals surface area contributed by atoms with Crippen molar-refractivity contribution in [1.82, 2.24) is 14.5 Å². The normalized spacial score (nSPS) is 17.0. The molecule has 0 saturated heterocycles. The van der Waals surface area contributed by atoms with Crippen LogP contribution < -0.4 is 0 Å². The number of nitrogens with one attached hydrogen (secondary N) is 1. The van der Waals surface area contributed by atoms with Gasteiger partial charge >= 0.3 is 6.18 Å². The van der Waals surface area contributed by atoms with Gasteiger partial charge in [0.25, 0.3) is 0 Å². The van der Waals surface area contributed by atoms with Crippen LogP contribution in [0, 0.1) is 5.82 Å². The lowest BCUT2D eigenvalue weighted by Crippen LogP contribution is -2.33. The first-order valence-corrected chi connectivity index (χ1v) is 11.0. The van der Waals surface area contributed by atoms with E-state index < -0.39 is 38.5 Å². The molecule has 0 unspecified atom stereocenters. The van der Waals surface area contributed by atoms with Crippen molar-refractivity contribution in [3.63, 3.8) is 0 Å². The maximum atomic E-state index is 13.5. The van der Waals surface area contributed by atoms with Crippen LogP contribution in [-0.2, 0) is 22.6 Å². The van der Waals surface area contributed by atoms with E-state index in [1.807, 2.05) is 0 Å². The number of aryl methyl sites for hydroxylation is 1. The van der Waals surface area contributed by atoms with E-state index in [2.05, 4.69) is 10.2 Å². The second kappa shape index (κ2) is 7.76. The first-order chi connectivity index (χ1) is 14.6. The molecule has 1 N–H and O–H groups in total. The van der Waals surface area contributed by atoms with Crippen molar-refractivity contribution in [1.29, 1.82) is 0 Å². The maximum Gasteiger partial charge on any atom is 0.416 e. The number of aromatic nitrogens is 2. The lowest BCUT2D eigenvalue weighted by atomic mass is 9.93. The van der Waals surface area contributed by atoms with Crippen molar-refractivity contribution < 1.29 is 26.0 Å². The Balaban J connectivity index is 1.81. The Hall–Kier alpha value is -2.72. The molecule has 0 spiro atoms. The number of nitrogens with zero attached hydrogens (tertiary/aromatic N) is 2. The van der Waals surface area contributed by atoms with Crippen LogP contribution in [0.3, 0.4) is 0 Å². The summed E-state index contributed by atoms with van der Waals surface area (Å²) >= 11 is 0. The summed E-state index contributed by atoms with van der Waals surface area (Å²) in [5.41, 5.74) is 0.780. The van der Waals surface area contributed by atoms with Gasteiger partial charge in [-0.1, -0.05) is 12.1 Å². The minimum atomic E-state index is -4.75. The fourth-order valence-electron chi connectivity index (χ4n) is 3.87. The molecule has 0 bridgehead atoms. The van der Waals surface area contributed by atoms with Crippen molar-refractivity contribution in [2.45, 2.75) is 36.4 Å². The van der Waals surface area contributed by atoms with E-state index >= 15 is 0 Å². The fraction of sp³-hybridized carbons (Fsp3) is 0.286. The molecule has 0 radical (unpaired) electrons. The number of rotatable bonds is 4. The standard InChI is InChI=1S/C21H19F4N3O2S/c1-28(20-4-2-3-19-18(20)12-26-27-19)31(29,30)17-10-14(9-15(11-17)21(23,24)25)13-5-7-16(22)8-6-13/h5-12,20H,2-4H2,1H3,(H,26,27)/t20-/m1/s1. The maximum absolute atomic E-state index is 13.5. The van der Waals surface area contributed by atoms with Gasteiger partial charge in [0.05, 0.1) is 22.7 Å². The van der Waals surface area contributed by atoms with Gasteiger partial charge in [-0.2, -0.15) is 22.6 Å². The third kappa shape index (κ3) is 4.09. The quantitative estimate of drug-likeness (QED) is 0.570. The van der Waals surface area contributed by atoms with Gasteiger partial charge in [0.2, 0.25) is 10.0 Å². The fourth-order valence-corrected chi connectivity index (χ4v) is 5.31. The second-order valence-corrected chi connectivity index (χ2v) is 9.48. The van der Waals surface area contributed by atoms with Gasteiger partial charge in [0.1, 0.15) is 5.82 Å². The highest BCUT2D eigenvalue weighted by atomic mass is 32.2. The van der Waals surface area contributed by atoms with Crippen molar-refractivity contribution in [3.05, 3.63) is 71.3 Å². The molecule has 0 aliphatic heterocycles. The predicted molar refractivity (Wildman–Crippen MR) is 106 cm³/mol. The van der Waals surface area contributed by atoms with Gasteiger partial charge in [-0.15, -0.1) is 0 Å². The molecule has 1 aliphatic carbocycles. The topological polar surface area (TPSA) is 66.1 Å². The molecule has 0 saturated carbocycles. The van der Waals surface area contributed by atoms with Crippen LogP contribution in [0.4, 0.5) is 17.6 Å². The SMILES string of the molecule is CN([C@@H]1CCCc2[nH]ncc21)S(=O)(=O)c1cc(-c2ccc(F)cc2)cc(C(F)(F)F)c1. The number of aromatic amines is 1. The van der Waals surface area contributed by atoms with E-state index in [0.29, 0.717) is 12.5 Å². The van der Waals surface area contributed by atoms with Crippen molar-refractivity contribution >= 4 is 10.0 Å². The minimum Gasteiger partial charge on any atom is -0.282 e. The van der Waals surface area contributed by atoms with Crippen LogP contribution in [0.15, 0.2) is 53.6 Å². The molecule has 1 heterocycles. The molecule has 31 heavy (non-hydrogen) atoms. The van der Waals surface area contributed by atoms with Gasteiger partial charge < -0.3 is 0 Å². The Morgan fingerprint density at radius 1 is 1.10 bits per heavy atom. The van der Waals surface area contributed by atoms with E-state index in [0.717, 1.165) is 46.6 Å². The lowest BCUT2D eigenvalue weighted by Gasteiger charge is -2.30. The van der Waals surface area contributed by atoms with Gasteiger partial charge in [-0.25, -0.2) is 12.8 Å². The number of alkyl halides is 3. The summed E-state index contributed by atoms with van der Waals surface area (Å²) in [6.07, 6.45) is -1.20. The molecule has 1 aromatic heterocycles. The molecule has 10 heteroatoms. The van der Waals surface area contributed by atoms with Crippen LogP contribution in [-0.4, -0.2) is 30.0 Å². The van der Waals surface area contributed by atoms with E-state index in [9.17, 15) is 26.0 Å². The molecule has 3 aromatic rings. The summed E-state index contributed by atoms with van der Waals surface area (Å²) in [6.45, 7) is 0. The van der Waals surface area contributed by atoms with Crippen LogP contribution >= 0.6 is 0 Å². The molecule has 2 aromatic carbocycles. The van der Waals surface area contributed by atoms with Gasteiger partial charge in [-0.3, -0.25) is 5.10 Å². The molecule has 1 atom stereocenters. The Bertz CT molecular complexity index is 1200. The molecule has 0 amide bonds. The molecule has 164 valence electrons. The van der Waals surface area contributed by atoms with Crippen LogP contribution in [0.2, 0.25) is 0 Å². The number of sulfonamides is 1. The van der Waals surface area contributed by atoms with Crippen LogP contribution in [0.1, 0.15) is 35.7 Å².